The minimum atomic E-state index is -0.883. The van der Waals surface area contributed by atoms with Crippen LogP contribution >= 0.6 is 0 Å². The minimum Gasteiger partial charge on any atom is -0.507 e. The Kier molecular flexibility index (Phi) is 5.18. The summed E-state index contributed by atoms with van der Waals surface area (Å²) in [7, 11) is 0. The molecule has 3 aromatic carbocycles. The lowest BCUT2D eigenvalue weighted by Crippen LogP contribution is -2.29. The summed E-state index contributed by atoms with van der Waals surface area (Å²) in [5, 5.41) is 13.0. The van der Waals surface area contributed by atoms with E-state index in [2.05, 4.69) is 4.98 Å². The van der Waals surface area contributed by atoms with E-state index >= 15 is 0 Å². The highest BCUT2D eigenvalue weighted by molar-refractivity contribution is 6.46. The van der Waals surface area contributed by atoms with E-state index in [9.17, 15) is 19.1 Å². The number of benzene rings is 3. The lowest BCUT2D eigenvalue weighted by molar-refractivity contribution is -0.140. The quantitative estimate of drug-likeness (QED) is 0.277. The third-order valence-electron chi connectivity index (χ3n) is 5.83. The number of aliphatic hydroxyl groups excluding tert-OH is 1. The normalized spacial score (nSPS) is 17.6. The first-order valence-electron chi connectivity index (χ1n) is 10.5. The number of aromatic nitrogens is 1. The average molecular weight is 438 g/mol. The van der Waals surface area contributed by atoms with Gasteiger partial charge in [-0.25, -0.2) is 4.39 Å². The number of ketones is 1. The molecule has 33 heavy (non-hydrogen) atoms. The monoisotopic (exact) mass is 438 g/mol. The van der Waals surface area contributed by atoms with Crippen LogP contribution in [0, 0.1) is 5.82 Å². The molecule has 0 radical (unpaired) electrons. The maximum Gasteiger partial charge on any atom is 0.296 e. The highest BCUT2D eigenvalue weighted by atomic mass is 19.1. The number of rotatable bonds is 4. The summed E-state index contributed by atoms with van der Waals surface area (Å²) in [6.45, 7) is 0.0692. The van der Waals surface area contributed by atoms with E-state index < -0.39 is 23.5 Å². The number of hydrogen-bond acceptors (Lipinski definition) is 4. The van der Waals surface area contributed by atoms with Crippen molar-refractivity contribution in [3.05, 3.63) is 119 Å². The second kappa shape index (κ2) is 8.31. The van der Waals surface area contributed by atoms with Crippen LogP contribution in [0.25, 0.3) is 16.5 Å². The summed E-state index contributed by atoms with van der Waals surface area (Å²) < 4.78 is 13.6. The van der Waals surface area contributed by atoms with Crippen LogP contribution in [0.2, 0.25) is 0 Å². The molecule has 1 fully saturated rings. The molecule has 1 atom stereocenters. The highest BCUT2D eigenvalue weighted by Gasteiger charge is 2.46. The summed E-state index contributed by atoms with van der Waals surface area (Å²) in [4.78, 5) is 31.9. The van der Waals surface area contributed by atoms with E-state index in [0.717, 1.165) is 10.8 Å². The van der Waals surface area contributed by atoms with E-state index in [4.69, 9.17) is 0 Å². The second-order valence-corrected chi connectivity index (χ2v) is 7.83. The van der Waals surface area contributed by atoms with Gasteiger partial charge in [-0.05, 0) is 40.6 Å². The van der Waals surface area contributed by atoms with Gasteiger partial charge in [0.25, 0.3) is 11.7 Å². The molecule has 1 aromatic heterocycles. The van der Waals surface area contributed by atoms with Gasteiger partial charge in [0, 0.05) is 11.8 Å². The third kappa shape index (κ3) is 3.65. The van der Waals surface area contributed by atoms with Gasteiger partial charge in [-0.2, -0.15) is 0 Å². The SMILES string of the molecule is O=C1C(=O)N(Cc2ccccn2)C(c2ccc(F)cc2)/C1=C(/O)c1cccc2ccccc12. The van der Waals surface area contributed by atoms with Gasteiger partial charge in [0.15, 0.2) is 0 Å². The standard InChI is InChI=1S/C27H19FN2O3/c28-19-13-11-18(12-14-19)24-23(25(31)22-10-5-7-17-6-1-2-9-21(17)22)26(32)27(33)30(24)16-20-8-3-4-15-29-20/h1-15,24,31H,16H2/b25-23-. The molecule has 1 amide bonds. The molecule has 5 rings (SSSR count). The van der Waals surface area contributed by atoms with Gasteiger partial charge >= 0.3 is 0 Å². The Labute approximate surface area is 189 Å². The maximum atomic E-state index is 13.6. The molecule has 4 aromatic rings. The molecule has 2 heterocycles. The smallest absolute Gasteiger partial charge is 0.296 e. The second-order valence-electron chi connectivity index (χ2n) is 7.83. The highest BCUT2D eigenvalue weighted by Crippen LogP contribution is 2.41. The summed E-state index contributed by atoms with van der Waals surface area (Å²) in [6.07, 6.45) is 1.61. The van der Waals surface area contributed by atoms with Gasteiger partial charge in [0.05, 0.1) is 23.9 Å². The van der Waals surface area contributed by atoms with Gasteiger partial charge in [0.2, 0.25) is 0 Å². The van der Waals surface area contributed by atoms with Gasteiger partial charge in [-0.3, -0.25) is 14.6 Å². The molecule has 1 unspecified atom stereocenters. The number of amides is 1. The Morgan fingerprint density at radius 1 is 0.909 bits per heavy atom. The van der Waals surface area contributed by atoms with E-state index in [-0.39, 0.29) is 17.9 Å². The third-order valence-corrected chi connectivity index (χ3v) is 5.83. The molecule has 162 valence electrons. The van der Waals surface area contributed by atoms with Crippen LogP contribution in [-0.4, -0.2) is 26.7 Å². The van der Waals surface area contributed by atoms with Crippen LogP contribution in [0.4, 0.5) is 4.39 Å². The van der Waals surface area contributed by atoms with Gasteiger partial charge in [0.1, 0.15) is 11.6 Å². The first-order chi connectivity index (χ1) is 16.0. The number of likely N-dealkylation sites (tertiary alicyclic amines) is 1. The van der Waals surface area contributed by atoms with Crippen LogP contribution < -0.4 is 0 Å². The van der Waals surface area contributed by atoms with Crippen molar-refractivity contribution in [1.82, 2.24) is 9.88 Å². The number of carbonyl (C=O) groups excluding carboxylic acids is 2. The number of carbonyl (C=O) groups is 2. The Bertz CT molecular complexity index is 1390. The van der Waals surface area contributed by atoms with E-state index in [1.165, 1.54) is 29.2 Å². The fourth-order valence-corrected chi connectivity index (χ4v) is 4.28. The fraction of sp³-hybridized carbons (Fsp3) is 0.0741. The number of halogens is 1. The lowest BCUT2D eigenvalue weighted by atomic mass is 9.93. The molecule has 0 saturated carbocycles. The largest absolute Gasteiger partial charge is 0.507 e. The molecule has 1 N–H and O–H groups in total. The van der Waals surface area contributed by atoms with Crippen molar-refractivity contribution in [3.63, 3.8) is 0 Å². The van der Waals surface area contributed by atoms with Crippen LogP contribution in [0.15, 0.2) is 96.7 Å². The Balaban J connectivity index is 1.71. The molecule has 0 spiro atoms. The van der Waals surface area contributed by atoms with Crippen LogP contribution in [0.3, 0.4) is 0 Å². The van der Waals surface area contributed by atoms with Gasteiger partial charge in [-0.1, -0.05) is 60.7 Å². The number of pyridine rings is 1. The molecule has 1 aliphatic rings. The first kappa shape index (κ1) is 20.6. The Morgan fingerprint density at radius 2 is 1.64 bits per heavy atom. The number of fused-ring (bicyclic) bond motifs is 1. The molecule has 6 heteroatoms. The van der Waals surface area contributed by atoms with Gasteiger partial charge in [-0.15, -0.1) is 0 Å². The van der Waals surface area contributed by atoms with E-state index in [1.807, 2.05) is 30.3 Å². The topological polar surface area (TPSA) is 70.5 Å². The number of hydrogen-bond donors (Lipinski definition) is 1. The van der Waals surface area contributed by atoms with Crippen LogP contribution in [-0.2, 0) is 16.1 Å². The van der Waals surface area contributed by atoms with Crippen molar-refractivity contribution >= 4 is 28.2 Å². The summed E-state index contributed by atoms with van der Waals surface area (Å²) >= 11 is 0. The van der Waals surface area contributed by atoms with Crippen molar-refractivity contribution in [3.8, 4) is 0 Å². The molecule has 1 saturated heterocycles. The molecule has 5 nitrogen and oxygen atoms in total. The molecular weight excluding hydrogens is 419 g/mol. The van der Waals surface area contributed by atoms with E-state index in [1.54, 1.807) is 36.5 Å². The van der Waals surface area contributed by atoms with Crippen molar-refractivity contribution in [1.29, 1.82) is 0 Å². The van der Waals surface area contributed by atoms with Gasteiger partial charge < -0.3 is 10.0 Å². The van der Waals surface area contributed by atoms with Crippen molar-refractivity contribution in [2.24, 2.45) is 0 Å². The molecule has 0 bridgehead atoms. The maximum absolute atomic E-state index is 13.6. The Hall–Kier alpha value is -4.32. The predicted molar refractivity (Wildman–Crippen MR) is 122 cm³/mol. The number of aliphatic hydroxyl groups is 1. The van der Waals surface area contributed by atoms with Crippen molar-refractivity contribution in [2.45, 2.75) is 12.6 Å². The van der Waals surface area contributed by atoms with E-state index in [0.29, 0.717) is 16.8 Å². The number of nitrogens with zero attached hydrogens (tertiary/aromatic N) is 2. The summed E-state index contributed by atoms with van der Waals surface area (Å²) in [6, 6.07) is 22.9. The zero-order valence-electron chi connectivity index (χ0n) is 17.5. The van der Waals surface area contributed by atoms with Crippen molar-refractivity contribution in [2.75, 3.05) is 0 Å². The summed E-state index contributed by atoms with van der Waals surface area (Å²) in [5.74, 6) is -2.22. The molecule has 1 aliphatic heterocycles. The zero-order valence-corrected chi connectivity index (χ0v) is 17.5. The first-order valence-corrected chi connectivity index (χ1v) is 10.5. The fourth-order valence-electron chi connectivity index (χ4n) is 4.28. The van der Waals surface area contributed by atoms with Crippen molar-refractivity contribution < 1.29 is 19.1 Å². The van der Waals surface area contributed by atoms with Crippen LogP contribution in [0.1, 0.15) is 22.9 Å². The summed E-state index contributed by atoms with van der Waals surface area (Å²) in [5.41, 5.74) is 1.54. The lowest BCUT2D eigenvalue weighted by Gasteiger charge is -2.25. The number of Topliss-reactive ketones (excluding diaryl/α,β-unsaturated/α-hetero) is 1. The minimum absolute atomic E-state index is 0.0288. The Morgan fingerprint density at radius 3 is 2.39 bits per heavy atom. The molecular formula is C27H19FN2O3. The zero-order chi connectivity index (χ0) is 22.9. The molecule has 0 aliphatic carbocycles. The predicted octanol–water partition coefficient (Wildman–Crippen LogP) is 5.00. The average Bonchev–Trinajstić information content (AvgIpc) is 3.09. The van der Waals surface area contributed by atoms with Crippen LogP contribution in [0.5, 0.6) is 0 Å².